The molecule has 2 aromatic heterocycles. The maximum Gasteiger partial charge on any atom is 0.261 e. The van der Waals surface area contributed by atoms with Gasteiger partial charge in [0.15, 0.2) is 5.13 Å². The molecule has 1 unspecified atom stereocenters. The number of nitrogens with one attached hydrogen (secondary N) is 2. The van der Waals surface area contributed by atoms with E-state index in [-0.39, 0.29) is 17.4 Å². The standard InChI is InChI=1S/C14H18N4O2S/c1-3-5-16-9(2)11-8-21-14(17-11)18-13(20)10-4-6-15-7-12(10)19/h4,6-9,16,19H,3,5H2,1-2H3,(H,17,18,20). The van der Waals surface area contributed by atoms with Crippen LogP contribution in [0.5, 0.6) is 5.75 Å². The van der Waals surface area contributed by atoms with E-state index in [9.17, 15) is 9.90 Å². The maximum absolute atomic E-state index is 12.0. The highest BCUT2D eigenvalue weighted by molar-refractivity contribution is 7.14. The molecule has 0 aliphatic carbocycles. The lowest BCUT2D eigenvalue weighted by atomic mass is 10.2. The van der Waals surface area contributed by atoms with Crippen molar-refractivity contribution in [2.75, 3.05) is 11.9 Å². The number of carbonyl (C=O) groups is 1. The highest BCUT2D eigenvalue weighted by Crippen LogP contribution is 2.22. The van der Waals surface area contributed by atoms with Crippen molar-refractivity contribution in [3.63, 3.8) is 0 Å². The molecule has 0 radical (unpaired) electrons. The summed E-state index contributed by atoms with van der Waals surface area (Å²) in [4.78, 5) is 20.2. The second-order valence-corrected chi connectivity index (χ2v) is 5.46. The predicted molar refractivity (Wildman–Crippen MR) is 82.7 cm³/mol. The average molecular weight is 306 g/mol. The van der Waals surface area contributed by atoms with E-state index in [0.717, 1.165) is 18.7 Å². The molecule has 0 saturated heterocycles. The van der Waals surface area contributed by atoms with Crippen LogP contribution in [0.25, 0.3) is 0 Å². The molecule has 21 heavy (non-hydrogen) atoms. The summed E-state index contributed by atoms with van der Waals surface area (Å²) in [5.74, 6) is -0.547. The van der Waals surface area contributed by atoms with Crippen LogP contribution >= 0.6 is 11.3 Å². The fourth-order valence-corrected chi connectivity index (χ4v) is 2.55. The molecular weight excluding hydrogens is 288 g/mol. The normalized spacial score (nSPS) is 12.1. The molecule has 1 atom stereocenters. The van der Waals surface area contributed by atoms with Gasteiger partial charge in [-0.2, -0.15) is 0 Å². The summed E-state index contributed by atoms with van der Waals surface area (Å²) in [5, 5.41) is 18.0. The number of hydrogen-bond donors (Lipinski definition) is 3. The van der Waals surface area contributed by atoms with Crippen LogP contribution in [0.2, 0.25) is 0 Å². The van der Waals surface area contributed by atoms with Gasteiger partial charge < -0.3 is 10.4 Å². The zero-order valence-corrected chi connectivity index (χ0v) is 12.8. The zero-order valence-electron chi connectivity index (χ0n) is 12.0. The lowest BCUT2D eigenvalue weighted by Gasteiger charge is -2.09. The highest BCUT2D eigenvalue weighted by atomic mass is 32.1. The molecule has 112 valence electrons. The first-order valence-electron chi connectivity index (χ1n) is 6.75. The molecule has 2 aromatic rings. The van der Waals surface area contributed by atoms with Crippen LogP contribution in [0, 0.1) is 0 Å². The highest BCUT2D eigenvalue weighted by Gasteiger charge is 2.14. The fourth-order valence-electron chi connectivity index (χ4n) is 1.75. The van der Waals surface area contributed by atoms with Gasteiger partial charge in [0, 0.05) is 17.6 Å². The molecule has 3 N–H and O–H groups in total. The number of aromatic nitrogens is 2. The Bertz CT molecular complexity index is 615. The molecule has 0 saturated carbocycles. The molecule has 6 nitrogen and oxygen atoms in total. The van der Waals surface area contributed by atoms with Crippen molar-refractivity contribution in [1.82, 2.24) is 15.3 Å². The Hall–Kier alpha value is -1.99. The summed E-state index contributed by atoms with van der Waals surface area (Å²) in [7, 11) is 0. The topological polar surface area (TPSA) is 87.1 Å². The van der Waals surface area contributed by atoms with Crippen molar-refractivity contribution in [3.8, 4) is 5.75 Å². The number of nitrogens with zero attached hydrogens (tertiary/aromatic N) is 2. The van der Waals surface area contributed by atoms with Gasteiger partial charge in [-0.3, -0.25) is 15.1 Å². The van der Waals surface area contributed by atoms with Crippen LogP contribution in [0.15, 0.2) is 23.8 Å². The second-order valence-electron chi connectivity index (χ2n) is 4.60. The molecule has 0 bridgehead atoms. The molecule has 1 amide bonds. The van der Waals surface area contributed by atoms with Crippen molar-refractivity contribution >= 4 is 22.4 Å². The molecule has 2 heterocycles. The third-order valence-corrected chi connectivity index (χ3v) is 3.71. The van der Waals surface area contributed by atoms with E-state index in [4.69, 9.17) is 0 Å². The average Bonchev–Trinajstić information content (AvgIpc) is 2.93. The van der Waals surface area contributed by atoms with Crippen molar-refractivity contribution in [2.45, 2.75) is 26.3 Å². The first kappa shape index (κ1) is 15.4. The maximum atomic E-state index is 12.0. The number of anilines is 1. The van der Waals surface area contributed by atoms with Gasteiger partial charge in [-0.1, -0.05) is 6.92 Å². The monoisotopic (exact) mass is 306 g/mol. The third kappa shape index (κ3) is 3.99. The Morgan fingerprint density at radius 1 is 1.52 bits per heavy atom. The van der Waals surface area contributed by atoms with Gasteiger partial charge in [-0.15, -0.1) is 11.3 Å². The van der Waals surface area contributed by atoms with Crippen LogP contribution in [0.3, 0.4) is 0 Å². The summed E-state index contributed by atoms with van der Waals surface area (Å²) in [6, 6.07) is 1.60. The lowest BCUT2D eigenvalue weighted by Crippen LogP contribution is -2.19. The first-order chi connectivity index (χ1) is 10.1. The molecule has 0 aliphatic heterocycles. The van der Waals surface area contributed by atoms with Crippen LogP contribution in [-0.2, 0) is 0 Å². The third-order valence-electron chi connectivity index (χ3n) is 2.93. The number of pyridine rings is 1. The van der Waals surface area contributed by atoms with Crippen molar-refractivity contribution < 1.29 is 9.90 Å². The summed E-state index contributed by atoms with van der Waals surface area (Å²) in [5.41, 5.74) is 1.07. The Labute approximate surface area is 127 Å². The van der Waals surface area contributed by atoms with E-state index in [1.54, 1.807) is 0 Å². The minimum absolute atomic E-state index is 0.140. The van der Waals surface area contributed by atoms with Gasteiger partial charge in [-0.05, 0) is 26.0 Å². The largest absolute Gasteiger partial charge is 0.505 e. The summed E-state index contributed by atoms with van der Waals surface area (Å²) in [6.07, 6.45) is 3.75. The number of hydrogen-bond acceptors (Lipinski definition) is 6. The van der Waals surface area contributed by atoms with Crippen LogP contribution in [-0.4, -0.2) is 27.5 Å². The Morgan fingerprint density at radius 2 is 2.33 bits per heavy atom. The minimum Gasteiger partial charge on any atom is -0.505 e. The molecular formula is C14H18N4O2S. The predicted octanol–water partition coefficient (Wildman–Crippen LogP) is 2.56. The Balaban J connectivity index is 2.02. The van der Waals surface area contributed by atoms with E-state index in [1.165, 1.54) is 29.8 Å². The smallest absolute Gasteiger partial charge is 0.261 e. The van der Waals surface area contributed by atoms with Crippen LogP contribution in [0.1, 0.15) is 42.4 Å². The van der Waals surface area contributed by atoms with Crippen LogP contribution in [0.4, 0.5) is 5.13 Å². The number of carbonyl (C=O) groups excluding carboxylic acids is 1. The first-order valence-corrected chi connectivity index (χ1v) is 7.63. The van der Waals surface area contributed by atoms with E-state index < -0.39 is 5.91 Å². The fraction of sp³-hybridized carbons (Fsp3) is 0.357. The number of thiazole rings is 1. The Kier molecular flexibility index (Phi) is 5.24. The molecule has 0 aromatic carbocycles. The van der Waals surface area contributed by atoms with Gasteiger partial charge in [0.05, 0.1) is 17.5 Å². The van der Waals surface area contributed by atoms with Gasteiger partial charge in [-0.25, -0.2) is 4.98 Å². The van der Waals surface area contributed by atoms with Crippen LogP contribution < -0.4 is 10.6 Å². The summed E-state index contributed by atoms with van der Waals surface area (Å²) >= 11 is 1.36. The van der Waals surface area contributed by atoms with Gasteiger partial charge >= 0.3 is 0 Å². The summed E-state index contributed by atoms with van der Waals surface area (Å²) in [6.45, 7) is 5.06. The number of aromatic hydroxyl groups is 1. The van der Waals surface area contributed by atoms with Crippen molar-refractivity contribution in [3.05, 3.63) is 35.1 Å². The molecule has 2 rings (SSSR count). The molecule has 7 heteroatoms. The van der Waals surface area contributed by atoms with Gasteiger partial charge in [0.2, 0.25) is 0 Å². The quantitative estimate of drug-likeness (QED) is 0.763. The number of rotatable bonds is 6. The molecule has 0 spiro atoms. The van der Waals surface area contributed by atoms with Crippen molar-refractivity contribution in [2.24, 2.45) is 0 Å². The van der Waals surface area contributed by atoms with E-state index in [1.807, 2.05) is 12.3 Å². The van der Waals surface area contributed by atoms with Gasteiger partial charge in [0.25, 0.3) is 5.91 Å². The van der Waals surface area contributed by atoms with Gasteiger partial charge in [0.1, 0.15) is 5.75 Å². The molecule has 0 fully saturated rings. The Morgan fingerprint density at radius 3 is 3.05 bits per heavy atom. The van der Waals surface area contributed by atoms with E-state index >= 15 is 0 Å². The molecule has 0 aliphatic rings. The zero-order chi connectivity index (χ0) is 15.2. The van der Waals surface area contributed by atoms with E-state index in [0.29, 0.717) is 5.13 Å². The number of amides is 1. The SMILES string of the molecule is CCCNC(C)c1csc(NC(=O)c2ccncc2O)n1. The van der Waals surface area contributed by atoms with Crippen molar-refractivity contribution in [1.29, 1.82) is 0 Å². The lowest BCUT2D eigenvalue weighted by molar-refractivity contribution is 0.102. The second kappa shape index (κ2) is 7.14. The minimum atomic E-state index is -0.398. The summed E-state index contributed by atoms with van der Waals surface area (Å²) < 4.78 is 0. The van der Waals surface area contributed by atoms with E-state index in [2.05, 4.69) is 27.5 Å².